The summed E-state index contributed by atoms with van der Waals surface area (Å²) in [5.74, 6) is -1.05. The molecular weight excluding hydrogens is 236 g/mol. The van der Waals surface area contributed by atoms with Gasteiger partial charge in [0.25, 0.3) is 0 Å². The van der Waals surface area contributed by atoms with Crippen LogP contribution in [0.2, 0.25) is 5.02 Å². The maximum atomic E-state index is 11.4. The zero-order valence-corrected chi connectivity index (χ0v) is 9.18. The van der Waals surface area contributed by atoms with E-state index in [2.05, 4.69) is 5.10 Å². The maximum absolute atomic E-state index is 11.4. The van der Waals surface area contributed by atoms with Crippen molar-refractivity contribution in [2.45, 2.75) is 5.54 Å². The van der Waals surface area contributed by atoms with Gasteiger partial charge in [-0.1, -0.05) is 11.6 Å². The molecule has 16 heavy (non-hydrogen) atoms. The Bertz CT molecular complexity index is 385. The van der Waals surface area contributed by atoms with Crippen LogP contribution in [0.3, 0.4) is 0 Å². The number of aliphatic carboxylic acids is 1. The summed E-state index contributed by atoms with van der Waals surface area (Å²) < 4.78 is 11.7. The van der Waals surface area contributed by atoms with Crippen molar-refractivity contribution in [3.8, 4) is 0 Å². The van der Waals surface area contributed by atoms with Crippen molar-refractivity contribution in [3.63, 3.8) is 0 Å². The number of hydrogen-bond donors (Lipinski definition) is 1. The van der Waals surface area contributed by atoms with Crippen molar-refractivity contribution in [3.05, 3.63) is 17.4 Å². The van der Waals surface area contributed by atoms with Gasteiger partial charge in [0.2, 0.25) is 5.54 Å². The molecular formula is C9H11ClN2O4. The lowest BCUT2D eigenvalue weighted by molar-refractivity contribution is -0.153. The van der Waals surface area contributed by atoms with E-state index in [1.807, 2.05) is 0 Å². The highest BCUT2D eigenvalue weighted by Gasteiger charge is 2.43. The summed E-state index contributed by atoms with van der Waals surface area (Å²) in [6.45, 7) is 0.786. The average Bonchev–Trinajstić information content (AvgIpc) is 2.55. The van der Waals surface area contributed by atoms with Crippen LogP contribution >= 0.6 is 11.6 Å². The number of halogens is 1. The Kier molecular flexibility index (Phi) is 3.13. The van der Waals surface area contributed by atoms with E-state index in [0.29, 0.717) is 18.2 Å². The molecule has 1 fully saturated rings. The van der Waals surface area contributed by atoms with Crippen LogP contribution < -0.4 is 0 Å². The van der Waals surface area contributed by atoms with Crippen LogP contribution in [0.5, 0.6) is 0 Å². The number of carboxylic acids is 1. The minimum Gasteiger partial charge on any atom is -0.479 e. The molecule has 1 aliphatic rings. The van der Waals surface area contributed by atoms with Gasteiger partial charge in [-0.3, -0.25) is 0 Å². The average molecular weight is 247 g/mol. The van der Waals surface area contributed by atoms with Crippen LogP contribution in [-0.2, 0) is 19.8 Å². The van der Waals surface area contributed by atoms with Gasteiger partial charge in [0.15, 0.2) is 0 Å². The maximum Gasteiger partial charge on any atom is 0.336 e. The molecule has 1 N–H and O–H groups in total. The third kappa shape index (κ3) is 1.91. The first-order valence-corrected chi connectivity index (χ1v) is 5.12. The predicted molar refractivity (Wildman–Crippen MR) is 54.5 cm³/mol. The molecule has 1 aromatic rings. The summed E-state index contributed by atoms with van der Waals surface area (Å²) in [5, 5.41) is 13.6. The fourth-order valence-electron chi connectivity index (χ4n) is 1.53. The smallest absolute Gasteiger partial charge is 0.336 e. The standard InChI is InChI=1S/C9H11ClN2O4/c10-7-3-11-12(4-7)9(8(13)14)5-15-1-2-16-6-9/h3-4H,1-2,5-6H2,(H,13,14). The van der Waals surface area contributed by atoms with E-state index in [9.17, 15) is 9.90 Å². The Morgan fingerprint density at radius 3 is 2.56 bits per heavy atom. The number of nitrogens with zero attached hydrogens (tertiary/aromatic N) is 2. The van der Waals surface area contributed by atoms with Crippen LogP contribution in [0.25, 0.3) is 0 Å². The normalized spacial score (nSPS) is 20.3. The minimum atomic E-state index is -1.33. The lowest BCUT2D eigenvalue weighted by Crippen LogP contribution is -2.49. The van der Waals surface area contributed by atoms with Gasteiger partial charge < -0.3 is 14.6 Å². The Balaban J connectivity index is 2.37. The monoisotopic (exact) mass is 246 g/mol. The molecule has 6 nitrogen and oxygen atoms in total. The molecule has 7 heteroatoms. The molecule has 0 saturated carbocycles. The fraction of sp³-hybridized carbons (Fsp3) is 0.556. The molecule has 1 saturated heterocycles. The number of ether oxygens (including phenoxy) is 2. The first kappa shape index (κ1) is 11.4. The number of rotatable bonds is 2. The molecule has 0 bridgehead atoms. The molecule has 88 valence electrons. The van der Waals surface area contributed by atoms with Crippen LogP contribution in [0, 0.1) is 0 Å². The Labute approximate surface area is 96.7 Å². The molecule has 2 rings (SSSR count). The summed E-state index contributed by atoms with van der Waals surface area (Å²) in [4.78, 5) is 11.4. The van der Waals surface area contributed by atoms with Gasteiger partial charge in [0, 0.05) is 6.20 Å². The summed E-state index contributed by atoms with van der Waals surface area (Å²) in [6.07, 6.45) is 2.84. The lowest BCUT2D eigenvalue weighted by atomic mass is 10.0. The van der Waals surface area contributed by atoms with Gasteiger partial charge in [0.05, 0.1) is 37.6 Å². The van der Waals surface area contributed by atoms with E-state index in [1.165, 1.54) is 17.1 Å². The highest BCUT2D eigenvalue weighted by Crippen LogP contribution is 2.21. The predicted octanol–water partition coefficient (Wildman–Crippen LogP) is 0.363. The first-order chi connectivity index (χ1) is 7.65. The number of carbonyl (C=O) groups is 1. The van der Waals surface area contributed by atoms with E-state index in [4.69, 9.17) is 21.1 Å². The second kappa shape index (κ2) is 4.40. The van der Waals surface area contributed by atoms with Crippen molar-refractivity contribution < 1.29 is 19.4 Å². The van der Waals surface area contributed by atoms with Gasteiger partial charge in [-0.15, -0.1) is 0 Å². The van der Waals surface area contributed by atoms with Gasteiger partial charge in [-0.25, -0.2) is 9.48 Å². The summed E-state index contributed by atoms with van der Waals surface area (Å²) in [6, 6.07) is 0. The summed E-state index contributed by atoms with van der Waals surface area (Å²) >= 11 is 5.73. The number of aromatic nitrogens is 2. The van der Waals surface area contributed by atoms with E-state index in [-0.39, 0.29) is 13.2 Å². The van der Waals surface area contributed by atoms with E-state index in [1.54, 1.807) is 0 Å². The largest absolute Gasteiger partial charge is 0.479 e. The Morgan fingerprint density at radius 1 is 1.50 bits per heavy atom. The van der Waals surface area contributed by atoms with Gasteiger partial charge in [-0.05, 0) is 0 Å². The molecule has 0 aromatic carbocycles. The first-order valence-electron chi connectivity index (χ1n) is 4.75. The van der Waals surface area contributed by atoms with Crippen LogP contribution in [0.4, 0.5) is 0 Å². The molecule has 0 radical (unpaired) electrons. The van der Waals surface area contributed by atoms with Crippen molar-refractivity contribution in [1.82, 2.24) is 9.78 Å². The van der Waals surface area contributed by atoms with Crippen molar-refractivity contribution in [1.29, 1.82) is 0 Å². The van der Waals surface area contributed by atoms with Crippen LogP contribution in [0.1, 0.15) is 0 Å². The van der Waals surface area contributed by atoms with E-state index < -0.39 is 11.5 Å². The zero-order chi connectivity index (χ0) is 11.6. The molecule has 0 aliphatic carbocycles. The minimum absolute atomic E-state index is 0.0142. The summed E-state index contributed by atoms with van der Waals surface area (Å²) in [7, 11) is 0. The van der Waals surface area contributed by atoms with Crippen LogP contribution in [-0.4, -0.2) is 47.3 Å². The molecule has 0 amide bonds. The number of hydrogen-bond acceptors (Lipinski definition) is 4. The molecule has 1 aromatic heterocycles. The fourth-order valence-corrected chi connectivity index (χ4v) is 1.67. The Hall–Kier alpha value is -1.11. The Morgan fingerprint density at radius 2 is 2.12 bits per heavy atom. The molecule has 0 spiro atoms. The topological polar surface area (TPSA) is 73.6 Å². The quantitative estimate of drug-likeness (QED) is 0.816. The summed E-state index contributed by atoms with van der Waals surface area (Å²) in [5.41, 5.74) is -1.33. The SMILES string of the molecule is O=C(O)C1(n2cc(Cl)cn2)COCCOC1. The molecule has 1 aliphatic heterocycles. The highest BCUT2D eigenvalue weighted by atomic mass is 35.5. The van der Waals surface area contributed by atoms with Gasteiger partial charge in [0.1, 0.15) is 0 Å². The number of carboxylic acid groups (broad SMARTS) is 1. The molecule has 0 atom stereocenters. The van der Waals surface area contributed by atoms with Crippen molar-refractivity contribution in [2.75, 3.05) is 26.4 Å². The third-order valence-electron chi connectivity index (χ3n) is 2.44. The lowest BCUT2D eigenvalue weighted by Gasteiger charge is -2.26. The van der Waals surface area contributed by atoms with Crippen LogP contribution in [0.15, 0.2) is 12.4 Å². The van der Waals surface area contributed by atoms with Gasteiger partial charge >= 0.3 is 5.97 Å². The second-order valence-electron chi connectivity index (χ2n) is 3.55. The van der Waals surface area contributed by atoms with Crippen molar-refractivity contribution in [2.24, 2.45) is 0 Å². The molecule has 2 heterocycles. The molecule has 0 unspecified atom stereocenters. The van der Waals surface area contributed by atoms with Gasteiger partial charge in [-0.2, -0.15) is 5.10 Å². The second-order valence-corrected chi connectivity index (χ2v) is 3.98. The highest BCUT2D eigenvalue weighted by molar-refractivity contribution is 6.30. The van der Waals surface area contributed by atoms with E-state index in [0.717, 1.165) is 0 Å². The van der Waals surface area contributed by atoms with E-state index >= 15 is 0 Å². The van der Waals surface area contributed by atoms with Crippen molar-refractivity contribution >= 4 is 17.6 Å². The zero-order valence-electron chi connectivity index (χ0n) is 8.43. The third-order valence-corrected chi connectivity index (χ3v) is 2.64.